The van der Waals surface area contributed by atoms with Crippen molar-refractivity contribution < 1.29 is 25.7 Å². The largest absolute Gasteiger partial charge is 0.544 e. The van der Waals surface area contributed by atoms with Crippen molar-refractivity contribution in [2.75, 3.05) is 0 Å². The Labute approximate surface area is 75.2 Å². The summed E-state index contributed by atoms with van der Waals surface area (Å²) in [7, 11) is 0. The topological polar surface area (TPSA) is 154 Å². The van der Waals surface area contributed by atoms with Crippen LogP contribution in [0.2, 0.25) is 0 Å². The number of aliphatic hydroxyl groups is 1. The highest BCUT2D eigenvalue weighted by Crippen LogP contribution is 1.91. The summed E-state index contributed by atoms with van der Waals surface area (Å²) in [5, 5.41) is 19.3. The summed E-state index contributed by atoms with van der Waals surface area (Å²) in [5.41, 5.74) is 13.4. The predicted molar refractivity (Wildman–Crippen MR) is 41.3 cm³/mol. The summed E-state index contributed by atoms with van der Waals surface area (Å²) in [6.07, 6.45) is -0.558. The van der Waals surface area contributed by atoms with Crippen LogP contribution in [0.1, 0.15) is 12.8 Å². The molecule has 0 aliphatic heterocycles. The van der Waals surface area contributed by atoms with Gasteiger partial charge in [0.2, 0.25) is 0 Å². The first-order chi connectivity index (χ1) is 5.93. The van der Waals surface area contributed by atoms with Gasteiger partial charge >= 0.3 is 5.96 Å². The van der Waals surface area contributed by atoms with Gasteiger partial charge in [-0.25, -0.2) is 0 Å². The first kappa shape index (κ1) is 11.7. The average molecular weight is 191 g/mol. The Morgan fingerprint density at radius 2 is 2.08 bits per heavy atom. The number of carboxylic acids is 1. The third kappa shape index (κ3) is 5.88. The Bertz CT molecular complexity index is 202. The molecule has 0 aromatic heterocycles. The van der Waals surface area contributed by atoms with Gasteiger partial charge in [0.1, 0.15) is 6.04 Å². The number of hydrogen-bond acceptors (Lipinski definition) is 3. The van der Waals surface area contributed by atoms with Crippen LogP contribution >= 0.6 is 0 Å². The third-order valence-electron chi connectivity index (χ3n) is 1.46. The van der Waals surface area contributed by atoms with Gasteiger partial charge in [-0.15, -0.1) is 0 Å². The van der Waals surface area contributed by atoms with Crippen LogP contribution in [-0.2, 0) is 4.79 Å². The van der Waals surface area contributed by atoms with Crippen molar-refractivity contribution in [3.05, 3.63) is 0 Å². The van der Waals surface area contributed by atoms with Crippen LogP contribution in [0.15, 0.2) is 0 Å². The van der Waals surface area contributed by atoms with E-state index in [9.17, 15) is 9.90 Å². The van der Waals surface area contributed by atoms with Gasteiger partial charge in [-0.2, -0.15) is 0 Å². The highest BCUT2D eigenvalue weighted by atomic mass is 16.4. The lowest BCUT2D eigenvalue weighted by molar-refractivity contribution is -0.560. The van der Waals surface area contributed by atoms with Crippen LogP contribution in [0, 0.1) is 0 Å². The minimum Gasteiger partial charge on any atom is -0.544 e. The Morgan fingerprint density at radius 1 is 1.54 bits per heavy atom. The van der Waals surface area contributed by atoms with E-state index in [2.05, 4.69) is 10.7 Å². The van der Waals surface area contributed by atoms with E-state index in [0.717, 1.165) is 0 Å². The first-order valence-electron chi connectivity index (χ1n) is 3.80. The van der Waals surface area contributed by atoms with Crippen LogP contribution < -0.4 is 27.3 Å². The highest BCUT2D eigenvalue weighted by molar-refractivity contribution is 5.69. The maximum absolute atomic E-state index is 10.2. The molecule has 0 spiro atoms. The Hall–Kier alpha value is -1.34. The van der Waals surface area contributed by atoms with Gasteiger partial charge in [0, 0.05) is 12.8 Å². The normalized spacial score (nSPS) is 14.6. The summed E-state index contributed by atoms with van der Waals surface area (Å²) in [4.78, 5) is 12.5. The molecule has 0 aliphatic rings. The molecule has 9 N–H and O–H groups in total. The summed E-state index contributed by atoms with van der Waals surface area (Å²) in [6.45, 7) is 0. The van der Waals surface area contributed by atoms with Crippen molar-refractivity contribution >= 4 is 11.9 Å². The Morgan fingerprint density at radius 3 is 2.46 bits per heavy atom. The van der Waals surface area contributed by atoms with Gasteiger partial charge < -0.3 is 20.7 Å². The van der Waals surface area contributed by atoms with E-state index in [0.29, 0.717) is 0 Å². The second kappa shape index (κ2) is 5.33. The molecule has 76 valence electrons. The van der Waals surface area contributed by atoms with Gasteiger partial charge in [-0.05, 0) is 0 Å². The molecule has 0 saturated carbocycles. The van der Waals surface area contributed by atoms with Crippen molar-refractivity contribution in [1.29, 1.82) is 0 Å². The lowest BCUT2D eigenvalue weighted by Crippen LogP contribution is -2.84. The molecule has 0 heterocycles. The molecule has 0 aromatic rings. The summed E-state index contributed by atoms with van der Waals surface area (Å²) in [6, 6.07) is -0.838. The van der Waals surface area contributed by atoms with Crippen molar-refractivity contribution in [2.24, 2.45) is 11.5 Å². The lowest BCUT2D eigenvalue weighted by atomic mass is 10.1. The van der Waals surface area contributed by atoms with Crippen LogP contribution in [0.5, 0.6) is 0 Å². The van der Waals surface area contributed by atoms with Gasteiger partial charge in [-0.3, -0.25) is 16.5 Å². The van der Waals surface area contributed by atoms with Gasteiger partial charge in [0.05, 0.1) is 5.97 Å². The van der Waals surface area contributed by atoms with Crippen molar-refractivity contribution in [1.82, 2.24) is 0 Å². The number of carbonyl (C=O) groups excluding carboxylic acids is 1. The molecule has 1 unspecified atom stereocenters. The molecule has 13 heavy (non-hydrogen) atoms. The molecule has 0 amide bonds. The van der Waals surface area contributed by atoms with Crippen LogP contribution in [0.25, 0.3) is 0 Å². The predicted octanol–water partition coefficient (Wildman–Crippen LogP) is -6.20. The van der Waals surface area contributed by atoms with Gasteiger partial charge in [-0.1, -0.05) is 0 Å². The molecule has 0 bridgehead atoms. The van der Waals surface area contributed by atoms with E-state index in [1.165, 1.54) is 0 Å². The first-order valence-corrected chi connectivity index (χ1v) is 3.80. The maximum Gasteiger partial charge on any atom is 0.340 e. The highest BCUT2D eigenvalue weighted by Gasteiger charge is 2.11. The fourth-order valence-corrected chi connectivity index (χ4v) is 0.741. The van der Waals surface area contributed by atoms with Crippen molar-refractivity contribution in [3.8, 4) is 0 Å². The van der Waals surface area contributed by atoms with E-state index < -0.39 is 18.2 Å². The molecule has 0 aromatic carbocycles. The van der Waals surface area contributed by atoms with Crippen LogP contribution in [0.3, 0.4) is 0 Å². The minimum absolute atomic E-state index is 0.110. The zero-order chi connectivity index (χ0) is 10.4. The number of nitrogens with two attached hydrogens (primary N) is 2. The van der Waals surface area contributed by atoms with Crippen LogP contribution in [0.4, 0.5) is 0 Å². The van der Waals surface area contributed by atoms with E-state index >= 15 is 0 Å². The standard InChI is InChI=1S/C6H14N4O3/c7-3(5(12)13)1-2-4(11)10-6(8)9/h3-4,11H,1-2,7H2,(H,12,13)(H4,8,9,10)/p+1/t3-,4?/m0/s1. The lowest BCUT2D eigenvalue weighted by Gasteiger charge is -2.09. The maximum atomic E-state index is 10.2. The van der Waals surface area contributed by atoms with Gasteiger partial charge in [0.25, 0.3) is 0 Å². The zero-order valence-corrected chi connectivity index (χ0v) is 7.19. The van der Waals surface area contributed by atoms with E-state index in [4.69, 9.17) is 16.6 Å². The molecule has 7 heteroatoms. The Kier molecular flexibility index (Phi) is 4.78. The quantitative estimate of drug-likeness (QED) is 0.166. The van der Waals surface area contributed by atoms with E-state index in [1.807, 2.05) is 0 Å². The molecule has 0 saturated heterocycles. The molecular weight excluding hydrogens is 176 g/mol. The van der Waals surface area contributed by atoms with E-state index in [-0.39, 0.29) is 18.8 Å². The fourth-order valence-electron chi connectivity index (χ4n) is 0.741. The molecule has 2 atom stereocenters. The third-order valence-corrected chi connectivity index (χ3v) is 1.46. The molecular formula is C6H15N4O3+. The number of carboxylic acid groups (broad SMARTS) is 1. The molecule has 0 rings (SSSR count). The molecule has 7 nitrogen and oxygen atoms in total. The van der Waals surface area contributed by atoms with E-state index in [1.54, 1.807) is 0 Å². The number of nitrogens with one attached hydrogen (secondary N) is 1. The Balaban J connectivity index is 3.76. The number of aliphatic hydroxyl groups excluding tert-OH is 1. The fraction of sp³-hybridized carbons (Fsp3) is 0.667. The van der Waals surface area contributed by atoms with Crippen molar-refractivity contribution in [2.45, 2.75) is 25.1 Å². The summed E-state index contributed by atoms with van der Waals surface area (Å²) < 4.78 is 0. The molecule has 0 radical (unpaired) electrons. The number of quaternary nitrogens is 1. The zero-order valence-electron chi connectivity index (χ0n) is 7.19. The molecule has 0 aliphatic carbocycles. The number of aliphatic carboxylic acids is 1. The second-order valence-electron chi connectivity index (χ2n) is 2.71. The number of rotatable bonds is 5. The number of guanidine groups is 1. The average Bonchev–Trinajstić information content (AvgIpc) is 1.98. The van der Waals surface area contributed by atoms with Crippen LogP contribution in [-0.4, -0.2) is 29.3 Å². The second-order valence-corrected chi connectivity index (χ2v) is 2.71. The summed E-state index contributed by atoms with van der Waals surface area (Å²) >= 11 is 0. The SMILES string of the molecule is NC(N)=[NH+]C(O)CC[C@H]([NH3+])C(=O)[O-]. The molecule has 0 fully saturated rings. The van der Waals surface area contributed by atoms with Gasteiger partial charge in [0.15, 0.2) is 6.23 Å². The smallest absolute Gasteiger partial charge is 0.340 e. The number of carbonyl (C=O) groups is 1. The monoisotopic (exact) mass is 191 g/mol. The summed E-state index contributed by atoms with van der Waals surface area (Å²) in [5.74, 6) is -1.35. The minimum atomic E-state index is -1.24. The van der Waals surface area contributed by atoms with Crippen molar-refractivity contribution in [3.63, 3.8) is 0 Å². The number of hydrogen-bond donors (Lipinski definition) is 5.